The highest BCUT2D eigenvalue weighted by atomic mass is 16.6. The third-order valence-corrected chi connectivity index (χ3v) is 10.1. The van der Waals surface area contributed by atoms with E-state index in [1.807, 2.05) is 0 Å². The summed E-state index contributed by atoms with van der Waals surface area (Å²) < 4.78 is 16.6. The summed E-state index contributed by atoms with van der Waals surface area (Å²) in [4.78, 5) is 37.7. The molecule has 6 heteroatoms. The van der Waals surface area contributed by atoms with Crippen LogP contribution >= 0.6 is 0 Å². The fraction of sp³-hybridized carbons (Fsp3) is 0.685. The van der Waals surface area contributed by atoms with Gasteiger partial charge in [-0.2, -0.15) is 0 Å². The van der Waals surface area contributed by atoms with Crippen molar-refractivity contribution < 1.29 is 28.6 Å². The van der Waals surface area contributed by atoms with E-state index in [4.69, 9.17) is 14.2 Å². The Bertz CT molecular complexity index is 1190. The van der Waals surface area contributed by atoms with Gasteiger partial charge < -0.3 is 14.2 Å². The largest absolute Gasteiger partial charge is 0.462 e. The Balaban J connectivity index is 4.31. The van der Waals surface area contributed by atoms with Crippen LogP contribution in [0.25, 0.3) is 0 Å². The molecule has 0 saturated carbocycles. The van der Waals surface area contributed by atoms with Gasteiger partial charge in [0.25, 0.3) is 0 Å². The molecule has 0 aliphatic rings. The van der Waals surface area contributed by atoms with E-state index >= 15 is 0 Å². The van der Waals surface area contributed by atoms with E-state index < -0.39 is 6.10 Å². The molecule has 0 spiro atoms. The average molecular weight is 835 g/mol. The molecule has 0 aromatic heterocycles. The number of hydrogen-bond donors (Lipinski definition) is 0. The first-order chi connectivity index (χ1) is 29.5. The zero-order chi connectivity index (χ0) is 43.7. The van der Waals surface area contributed by atoms with Gasteiger partial charge in [-0.1, -0.05) is 189 Å². The minimum absolute atomic E-state index is 0.0987. The van der Waals surface area contributed by atoms with Gasteiger partial charge >= 0.3 is 17.9 Å². The lowest BCUT2D eigenvalue weighted by Gasteiger charge is -2.18. The van der Waals surface area contributed by atoms with Gasteiger partial charge in [0, 0.05) is 19.3 Å². The zero-order valence-corrected chi connectivity index (χ0v) is 38.9. The standard InChI is InChI=1S/C54H90O6/c1-4-7-10-13-16-18-20-22-24-25-26-27-28-29-31-32-34-36-38-41-44-47-53(56)59-50-51(49-58-52(55)46-43-40-15-12-9-6-3)60-54(57)48-45-42-39-37-35-33-30-23-21-19-17-14-11-8-5-2/h8,11,17,19-20,22-23,25-26,28-30,35,37,51H,4-7,9-10,12-16,18,21,24,27,31-34,36,38-50H2,1-3H3/b11-8-,19-17-,22-20-,26-25-,29-28-,30-23-,37-35-. The van der Waals surface area contributed by atoms with Crippen molar-refractivity contribution >= 4 is 17.9 Å². The van der Waals surface area contributed by atoms with Crippen LogP contribution in [0.1, 0.15) is 220 Å². The first-order valence-electron chi connectivity index (χ1n) is 24.6. The first-order valence-corrected chi connectivity index (χ1v) is 24.6. The second kappa shape index (κ2) is 48.3. The number of esters is 3. The highest BCUT2D eigenvalue weighted by Crippen LogP contribution is 2.12. The monoisotopic (exact) mass is 835 g/mol. The van der Waals surface area contributed by atoms with Crippen LogP contribution in [-0.4, -0.2) is 37.2 Å². The molecule has 0 N–H and O–H groups in total. The van der Waals surface area contributed by atoms with Crippen molar-refractivity contribution in [1.82, 2.24) is 0 Å². The van der Waals surface area contributed by atoms with E-state index in [0.717, 1.165) is 96.3 Å². The number of carbonyl (C=O) groups is 3. The maximum Gasteiger partial charge on any atom is 0.306 e. The summed E-state index contributed by atoms with van der Waals surface area (Å²) in [5.74, 6) is -0.968. The van der Waals surface area contributed by atoms with E-state index in [1.54, 1.807) is 0 Å². The summed E-state index contributed by atoms with van der Waals surface area (Å²) >= 11 is 0. The fourth-order valence-corrected chi connectivity index (χ4v) is 6.44. The van der Waals surface area contributed by atoms with Gasteiger partial charge in [0.2, 0.25) is 0 Å². The number of hydrogen-bond acceptors (Lipinski definition) is 6. The highest BCUT2D eigenvalue weighted by Gasteiger charge is 2.19. The second-order valence-corrected chi connectivity index (χ2v) is 16.0. The molecule has 1 atom stereocenters. The van der Waals surface area contributed by atoms with Gasteiger partial charge in [0.1, 0.15) is 13.2 Å². The Kier molecular flexibility index (Phi) is 45.5. The van der Waals surface area contributed by atoms with Crippen LogP contribution in [0.2, 0.25) is 0 Å². The number of unbranched alkanes of at least 4 members (excludes halogenated alkanes) is 18. The van der Waals surface area contributed by atoms with Gasteiger partial charge in [-0.3, -0.25) is 14.4 Å². The normalized spacial score (nSPS) is 12.8. The van der Waals surface area contributed by atoms with Crippen molar-refractivity contribution in [3.05, 3.63) is 85.1 Å². The van der Waals surface area contributed by atoms with Crippen molar-refractivity contribution in [1.29, 1.82) is 0 Å². The molecule has 0 aliphatic carbocycles. The van der Waals surface area contributed by atoms with Crippen LogP contribution in [-0.2, 0) is 28.6 Å². The van der Waals surface area contributed by atoms with E-state index in [1.165, 1.54) is 77.0 Å². The molecule has 0 aromatic carbocycles. The van der Waals surface area contributed by atoms with Crippen molar-refractivity contribution in [2.24, 2.45) is 0 Å². The molecule has 0 saturated heterocycles. The second-order valence-electron chi connectivity index (χ2n) is 16.0. The fourth-order valence-electron chi connectivity index (χ4n) is 6.44. The van der Waals surface area contributed by atoms with Crippen molar-refractivity contribution in [3.63, 3.8) is 0 Å². The molecular weight excluding hydrogens is 745 g/mol. The molecule has 0 aliphatic heterocycles. The van der Waals surface area contributed by atoms with Gasteiger partial charge in [0.05, 0.1) is 0 Å². The molecule has 0 fully saturated rings. The third-order valence-electron chi connectivity index (χ3n) is 10.1. The third kappa shape index (κ3) is 45.7. The van der Waals surface area contributed by atoms with Crippen LogP contribution < -0.4 is 0 Å². The molecular formula is C54H90O6. The zero-order valence-electron chi connectivity index (χ0n) is 38.9. The summed E-state index contributed by atoms with van der Waals surface area (Å²) in [5, 5.41) is 0. The molecule has 6 nitrogen and oxygen atoms in total. The Labute approximate surface area is 369 Å². The Morgan fingerprint density at radius 2 is 0.650 bits per heavy atom. The van der Waals surface area contributed by atoms with Crippen LogP contribution in [0.4, 0.5) is 0 Å². The van der Waals surface area contributed by atoms with Crippen LogP contribution in [0.3, 0.4) is 0 Å². The maximum absolute atomic E-state index is 12.7. The predicted octanol–water partition coefficient (Wildman–Crippen LogP) is 16.0. The van der Waals surface area contributed by atoms with Gasteiger partial charge in [-0.15, -0.1) is 0 Å². The SMILES string of the molecule is CC/C=C\C/C=C\C/C=C\C/C=C\CCCCC(=O)OC(COC(=O)CCCCCCCC)COC(=O)CCCCCCCC/C=C\C/C=C\C/C=C\CCCCCCC. The van der Waals surface area contributed by atoms with Crippen molar-refractivity contribution in [2.75, 3.05) is 13.2 Å². The van der Waals surface area contributed by atoms with Crippen LogP contribution in [0.15, 0.2) is 85.1 Å². The van der Waals surface area contributed by atoms with Crippen LogP contribution in [0.5, 0.6) is 0 Å². The Morgan fingerprint density at radius 3 is 1.05 bits per heavy atom. The van der Waals surface area contributed by atoms with E-state index in [-0.39, 0.29) is 37.5 Å². The number of rotatable bonds is 43. The molecule has 0 radical (unpaired) electrons. The lowest BCUT2D eigenvalue weighted by Crippen LogP contribution is -2.30. The lowest BCUT2D eigenvalue weighted by molar-refractivity contribution is -0.167. The smallest absolute Gasteiger partial charge is 0.306 e. The topological polar surface area (TPSA) is 78.9 Å². The summed E-state index contributed by atoms with van der Waals surface area (Å²) in [6.07, 6.45) is 61.6. The Morgan fingerprint density at radius 1 is 0.350 bits per heavy atom. The molecule has 342 valence electrons. The van der Waals surface area contributed by atoms with Crippen molar-refractivity contribution in [3.8, 4) is 0 Å². The highest BCUT2D eigenvalue weighted by molar-refractivity contribution is 5.71. The van der Waals surface area contributed by atoms with Crippen molar-refractivity contribution in [2.45, 2.75) is 226 Å². The number of carbonyl (C=O) groups excluding carboxylic acids is 3. The number of ether oxygens (including phenoxy) is 3. The minimum atomic E-state index is -0.800. The summed E-state index contributed by atoms with van der Waals surface area (Å²) in [6, 6.07) is 0. The molecule has 0 amide bonds. The predicted molar refractivity (Wildman–Crippen MR) is 256 cm³/mol. The Hall–Kier alpha value is -3.41. The van der Waals surface area contributed by atoms with Gasteiger partial charge in [-0.25, -0.2) is 0 Å². The lowest BCUT2D eigenvalue weighted by atomic mass is 10.1. The molecule has 60 heavy (non-hydrogen) atoms. The molecule has 0 aromatic rings. The molecule has 0 bridgehead atoms. The van der Waals surface area contributed by atoms with E-state index in [9.17, 15) is 14.4 Å². The summed E-state index contributed by atoms with van der Waals surface area (Å²) in [7, 11) is 0. The van der Waals surface area contributed by atoms with Gasteiger partial charge in [0.15, 0.2) is 6.10 Å². The molecule has 0 heterocycles. The number of allylic oxidation sites excluding steroid dienone is 14. The maximum atomic E-state index is 12.7. The first kappa shape index (κ1) is 56.6. The summed E-state index contributed by atoms with van der Waals surface area (Å²) in [6.45, 7) is 6.39. The quantitative estimate of drug-likeness (QED) is 0.0263. The average Bonchev–Trinajstić information content (AvgIpc) is 3.24. The molecule has 0 rings (SSSR count). The van der Waals surface area contributed by atoms with Gasteiger partial charge in [-0.05, 0) is 96.3 Å². The van der Waals surface area contributed by atoms with Crippen LogP contribution in [0, 0.1) is 0 Å². The minimum Gasteiger partial charge on any atom is -0.462 e. The van der Waals surface area contributed by atoms with E-state index in [2.05, 4.69) is 106 Å². The summed E-state index contributed by atoms with van der Waals surface area (Å²) in [5.41, 5.74) is 0. The van der Waals surface area contributed by atoms with E-state index in [0.29, 0.717) is 19.3 Å². The molecule has 1 unspecified atom stereocenters.